The molecule has 0 radical (unpaired) electrons. The van der Waals surface area contributed by atoms with Crippen LogP contribution >= 0.6 is 15.9 Å². The van der Waals surface area contributed by atoms with Crippen molar-refractivity contribution in [1.29, 1.82) is 0 Å². The Morgan fingerprint density at radius 2 is 2.14 bits per heavy atom. The molecule has 0 bridgehead atoms. The van der Waals surface area contributed by atoms with Crippen molar-refractivity contribution in [3.05, 3.63) is 28.2 Å². The van der Waals surface area contributed by atoms with Crippen LogP contribution in [0, 0.1) is 5.92 Å². The number of carbonyl (C=O) groups is 2. The molecule has 1 aliphatic heterocycles. The SMILES string of the molecule is O=C(O)c1ccc(N2CC(CS(=O)(=O)F)CC2=O)c(Br)c1. The van der Waals surface area contributed by atoms with E-state index >= 15 is 0 Å². The van der Waals surface area contributed by atoms with E-state index in [1.807, 2.05) is 0 Å². The summed E-state index contributed by atoms with van der Waals surface area (Å²) >= 11 is 3.18. The zero-order valence-electron chi connectivity index (χ0n) is 10.6. The van der Waals surface area contributed by atoms with Crippen molar-refractivity contribution < 1.29 is 27.0 Å². The molecule has 1 unspecified atom stereocenters. The number of anilines is 1. The lowest BCUT2D eigenvalue weighted by atomic mass is 10.1. The summed E-state index contributed by atoms with van der Waals surface area (Å²) in [5.74, 6) is -2.73. The molecule has 1 aromatic carbocycles. The molecule has 0 saturated carbocycles. The molecule has 1 atom stereocenters. The molecule has 6 nitrogen and oxygen atoms in total. The van der Waals surface area contributed by atoms with Gasteiger partial charge in [-0.3, -0.25) is 4.79 Å². The number of rotatable bonds is 4. The van der Waals surface area contributed by atoms with E-state index in [9.17, 15) is 21.9 Å². The van der Waals surface area contributed by atoms with Gasteiger partial charge < -0.3 is 10.0 Å². The van der Waals surface area contributed by atoms with Crippen LogP contribution in [-0.4, -0.2) is 37.7 Å². The Labute approximate surface area is 128 Å². The van der Waals surface area contributed by atoms with Gasteiger partial charge in [-0.25, -0.2) is 4.79 Å². The van der Waals surface area contributed by atoms with E-state index in [1.54, 1.807) is 0 Å². The van der Waals surface area contributed by atoms with Crippen molar-refractivity contribution in [3.63, 3.8) is 0 Å². The zero-order chi connectivity index (χ0) is 15.8. The van der Waals surface area contributed by atoms with Crippen molar-refractivity contribution in [2.75, 3.05) is 17.2 Å². The molecule has 0 aliphatic carbocycles. The Kier molecular flexibility index (Phi) is 4.33. The van der Waals surface area contributed by atoms with Crippen LogP contribution in [0.4, 0.5) is 9.57 Å². The average Bonchev–Trinajstić information content (AvgIpc) is 2.67. The number of halogens is 2. The van der Waals surface area contributed by atoms with E-state index in [4.69, 9.17) is 5.11 Å². The van der Waals surface area contributed by atoms with Gasteiger partial charge in [0.05, 0.1) is 17.0 Å². The minimum atomic E-state index is -4.63. The lowest BCUT2D eigenvalue weighted by Crippen LogP contribution is -2.25. The fraction of sp³-hybridized carbons (Fsp3) is 0.333. The highest BCUT2D eigenvalue weighted by Gasteiger charge is 2.34. The van der Waals surface area contributed by atoms with Gasteiger partial charge in [-0.1, -0.05) is 0 Å². The van der Waals surface area contributed by atoms with Crippen LogP contribution in [0.5, 0.6) is 0 Å². The third kappa shape index (κ3) is 3.79. The number of amides is 1. The number of aromatic carboxylic acids is 1. The number of hydrogen-bond donors (Lipinski definition) is 1. The Morgan fingerprint density at radius 1 is 1.48 bits per heavy atom. The minimum absolute atomic E-state index is 0.0557. The summed E-state index contributed by atoms with van der Waals surface area (Å²) in [5.41, 5.74) is 0.490. The first-order chi connectivity index (χ1) is 9.67. The molecule has 1 aliphatic rings. The van der Waals surface area contributed by atoms with E-state index in [0.717, 1.165) is 0 Å². The number of hydrogen-bond acceptors (Lipinski definition) is 4. The molecule has 21 heavy (non-hydrogen) atoms. The summed E-state index contributed by atoms with van der Waals surface area (Å²) in [6, 6.07) is 4.15. The Bertz CT molecular complexity index is 706. The maximum absolute atomic E-state index is 12.7. The molecule has 1 aromatic rings. The maximum atomic E-state index is 12.7. The molecule has 0 spiro atoms. The fourth-order valence-corrected chi connectivity index (χ4v) is 3.65. The Morgan fingerprint density at radius 3 is 2.67 bits per heavy atom. The monoisotopic (exact) mass is 379 g/mol. The smallest absolute Gasteiger partial charge is 0.335 e. The van der Waals surface area contributed by atoms with Crippen molar-refractivity contribution in [2.24, 2.45) is 5.92 Å². The number of carboxylic acid groups (broad SMARTS) is 1. The zero-order valence-corrected chi connectivity index (χ0v) is 13.0. The molecule has 114 valence electrons. The number of carboxylic acids is 1. The lowest BCUT2D eigenvalue weighted by molar-refractivity contribution is -0.117. The van der Waals surface area contributed by atoms with Crippen LogP contribution in [0.15, 0.2) is 22.7 Å². The first kappa shape index (κ1) is 15.9. The van der Waals surface area contributed by atoms with Gasteiger partial charge in [-0.2, -0.15) is 8.42 Å². The van der Waals surface area contributed by atoms with Crippen LogP contribution < -0.4 is 4.90 Å². The second kappa shape index (κ2) is 5.72. The van der Waals surface area contributed by atoms with Gasteiger partial charge in [-0.05, 0) is 34.1 Å². The van der Waals surface area contributed by atoms with E-state index in [-0.39, 0.29) is 24.4 Å². The lowest BCUT2D eigenvalue weighted by Gasteiger charge is -2.18. The van der Waals surface area contributed by atoms with Crippen LogP contribution in [-0.2, 0) is 15.0 Å². The topological polar surface area (TPSA) is 91.8 Å². The second-order valence-electron chi connectivity index (χ2n) is 4.75. The van der Waals surface area contributed by atoms with Crippen molar-refractivity contribution in [2.45, 2.75) is 6.42 Å². The summed E-state index contributed by atoms with van der Waals surface area (Å²) in [7, 11) is -4.63. The molecule has 1 heterocycles. The first-order valence-corrected chi connectivity index (χ1v) is 8.27. The van der Waals surface area contributed by atoms with Gasteiger partial charge in [0.1, 0.15) is 0 Å². The van der Waals surface area contributed by atoms with Gasteiger partial charge in [0.25, 0.3) is 0 Å². The summed E-state index contributed by atoms with van der Waals surface area (Å²) in [4.78, 5) is 24.1. The molecule has 1 N–H and O–H groups in total. The van der Waals surface area contributed by atoms with E-state index < -0.39 is 27.9 Å². The van der Waals surface area contributed by atoms with Gasteiger partial charge in [-0.15, -0.1) is 3.89 Å². The third-order valence-electron chi connectivity index (χ3n) is 3.13. The third-order valence-corrected chi connectivity index (χ3v) is 4.63. The van der Waals surface area contributed by atoms with Gasteiger partial charge >= 0.3 is 16.2 Å². The highest BCUT2D eigenvalue weighted by molar-refractivity contribution is 9.10. The highest BCUT2D eigenvalue weighted by atomic mass is 79.9. The molecule has 1 amide bonds. The van der Waals surface area contributed by atoms with Gasteiger partial charge in [0.2, 0.25) is 5.91 Å². The largest absolute Gasteiger partial charge is 0.478 e. The molecule has 2 rings (SSSR count). The molecule has 0 aromatic heterocycles. The summed E-state index contributed by atoms with van der Waals surface area (Å²) in [5, 5.41) is 8.88. The summed E-state index contributed by atoms with van der Waals surface area (Å²) in [6.45, 7) is 0.0764. The highest BCUT2D eigenvalue weighted by Crippen LogP contribution is 2.32. The van der Waals surface area contributed by atoms with Crippen LogP contribution in [0.1, 0.15) is 16.8 Å². The summed E-state index contributed by atoms with van der Waals surface area (Å²) < 4.78 is 34.4. The van der Waals surface area contributed by atoms with E-state index in [0.29, 0.717) is 10.2 Å². The Hall–Kier alpha value is -1.48. The van der Waals surface area contributed by atoms with Crippen molar-refractivity contribution >= 4 is 43.7 Å². The van der Waals surface area contributed by atoms with Crippen LogP contribution in [0.3, 0.4) is 0 Å². The maximum Gasteiger partial charge on any atom is 0.335 e. The predicted octanol–water partition coefficient (Wildman–Crippen LogP) is 1.80. The van der Waals surface area contributed by atoms with Gasteiger partial charge in [0, 0.05) is 23.4 Å². The van der Waals surface area contributed by atoms with Crippen LogP contribution in [0.25, 0.3) is 0 Å². The standard InChI is InChI=1S/C12H11BrFNO5S/c13-9-4-8(12(17)18)1-2-10(9)15-5-7(3-11(15)16)6-21(14,19)20/h1-2,4,7H,3,5-6H2,(H,17,18). The number of benzene rings is 1. The molecular weight excluding hydrogens is 369 g/mol. The number of carbonyl (C=O) groups excluding carboxylic acids is 1. The van der Waals surface area contributed by atoms with Crippen LogP contribution in [0.2, 0.25) is 0 Å². The number of nitrogens with zero attached hydrogens (tertiary/aromatic N) is 1. The van der Waals surface area contributed by atoms with E-state index in [1.165, 1.54) is 23.1 Å². The Balaban J connectivity index is 2.23. The minimum Gasteiger partial charge on any atom is -0.478 e. The normalized spacial score (nSPS) is 19.0. The van der Waals surface area contributed by atoms with Gasteiger partial charge in [0.15, 0.2) is 0 Å². The molecule has 9 heteroatoms. The van der Waals surface area contributed by atoms with E-state index in [2.05, 4.69) is 15.9 Å². The fourth-order valence-electron chi connectivity index (χ4n) is 2.27. The molecule has 1 saturated heterocycles. The average molecular weight is 380 g/mol. The predicted molar refractivity (Wildman–Crippen MR) is 76.5 cm³/mol. The first-order valence-electron chi connectivity index (χ1n) is 5.93. The second-order valence-corrected chi connectivity index (χ2v) is 7.02. The summed E-state index contributed by atoms with van der Waals surface area (Å²) in [6.07, 6.45) is -0.0593. The van der Waals surface area contributed by atoms with Crippen molar-refractivity contribution in [3.8, 4) is 0 Å². The molecular formula is C12H11BrFNO5S. The molecule has 1 fully saturated rings. The quantitative estimate of drug-likeness (QED) is 0.805. The van der Waals surface area contributed by atoms with Crippen molar-refractivity contribution in [1.82, 2.24) is 0 Å².